The molecule has 1 aliphatic rings. The Bertz CT molecular complexity index is 977. The Balaban J connectivity index is 1.34. The number of amides is 2. The van der Waals surface area contributed by atoms with Gasteiger partial charge in [0, 0.05) is 30.5 Å². The van der Waals surface area contributed by atoms with E-state index >= 15 is 0 Å². The second kappa shape index (κ2) is 8.50. The standard InChI is InChI=1S/C21H22N4O2S/c26-20(23-10-13-25-11-1-2-12-25)16-3-5-17(6-4-16)24-21(27)18-19-15(7-9-22-18)8-14-28-19/h3-9,14H,1-2,10-13H2,(H,23,26)(H,24,27). The number of carbonyl (C=O) groups excluding carboxylic acids is 2. The average molecular weight is 395 g/mol. The summed E-state index contributed by atoms with van der Waals surface area (Å²) >= 11 is 1.50. The van der Waals surface area contributed by atoms with Gasteiger partial charge in [-0.1, -0.05) is 0 Å². The highest BCUT2D eigenvalue weighted by Crippen LogP contribution is 2.23. The zero-order chi connectivity index (χ0) is 19.3. The molecule has 0 saturated carbocycles. The van der Waals surface area contributed by atoms with Crippen LogP contribution < -0.4 is 10.6 Å². The molecule has 6 nitrogen and oxygen atoms in total. The lowest BCUT2D eigenvalue weighted by molar-refractivity contribution is 0.0949. The number of thiophene rings is 1. The third-order valence-electron chi connectivity index (χ3n) is 4.90. The Morgan fingerprint density at radius 2 is 1.82 bits per heavy atom. The van der Waals surface area contributed by atoms with Gasteiger partial charge < -0.3 is 15.5 Å². The molecular weight excluding hydrogens is 372 g/mol. The average Bonchev–Trinajstić information content (AvgIpc) is 3.40. The predicted octanol–water partition coefficient (Wildman–Crippen LogP) is 3.37. The first-order valence-corrected chi connectivity index (χ1v) is 10.3. The molecule has 0 bridgehead atoms. The molecule has 0 unspecified atom stereocenters. The summed E-state index contributed by atoms with van der Waals surface area (Å²) in [4.78, 5) is 31.4. The molecule has 1 aromatic carbocycles. The van der Waals surface area contributed by atoms with E-state index in [0.717, 1.165) is 29.7 Å². The fourth-order valence-corrected chi connectivity index (χ4v) is 4.27. The van der Waals surface area contributed by atoms with Crippen LogP contribution in [-0.4, -0.2) is 47.9 Å². The number of rotatable bonds is 6. The summed E-state index contributed by atoms with van der Waals surface area (Å²) in [6.45, 7) is 3.78. The largest absolute Gasteiger partial charge is 0.351 e. The quantitative estimate of drug-likeness (QED) is 0.672. The Labute approximate surface area is 167 Å². The summed E-state index contributed by atoms with van der Waals surface area (Å²) in [5.41, 5.74) is 1.63. The lowest BCUT2D eigenvalue weighted by atomic mass is 10.2. The lowest BCUT2D eigenvalue weighted by Gasteiger charge is -2.14. The summed E-state index contributed by atoms with van der Waals surface area (Å²) in [6, 6.07) is 10.8. The molecule has 144 valence electrons. The number of fused-ring (bicyclic) bond motifs is 1. The van der Waals surface area contributed by atoms with Crippen molar-refractivity contribution in [1.82, 2.24) is 15.2 Å². The lowest BCUT2D eigenvalue weighted by Crippen LogP contribution is -2.33. The zero-order valence-electron chi connectivity index (χ0n) is 15.5. The van der Waals surface area contributed by atoms with Crippen LogP contribution >= 0.6 is 11.3 Å². The van der Waals surface area contributed by atoms with Gasteiger partial charge in [-0.15, -0.1) is 11.3 Å². The molecule has 28 heavy (non-hydrogen) atoms. The van der Waals surface area contributed by atoms with E-state index in [-0.39, 0.29) is 11.8 Å². The first kappa shape index (κ1) is 18.6. The van der Waals surface area contributed by atoms with Gasteiger partial charge >= 0.3 is 0 Å². The first-order chi connectivity index (χ1) is 13.7. The number of likely N-dealkylation sites (tertiary alicyclic amines) is 1. The Morgan fingerprint density at radius 1 is 1.04 bits per heavy atom. The number of carbonyl (C=O) groups is 2. The van der Waals surface area contributed by atoms with Crippen LogP contribution in [0.2, 0.25) is 0 Å². The summed E-state index contributed by atoms with van der Waals surface area (Å²) in [5, 5.41) is 8.76. The van der Waals surface area contributed by atoms with Crippen molar-refractivity contribution < 1.29 is 9.59 Å². The molecule has 2 amide bonds. The summed E-state index contributed by atoms with van der Waals surface area (Å²) in [5.74, 6) is -0.349. The minimum atomic E-state index is -0.254. The Hall–Kier alpha value is -2.77. The molecule has 3 heterocycles. The molecule has 0 aliphatic carbocycles. The monoisotopic (exact) mass is 394 g/mol. The van der Waals surface area contributed by atoms with Crippen LogP contribution in [0.1, 0.15) is 33.7 Å². The maximum Gasteiger partial charge on any atom is 0.275 e. The molecular formula is C21H22N4O2S. The van der Waals surface area contributed by atoms with E-state index in [1.807, 2.05) is 17.5 Å². The van der Waals surface area contributed by atoms with Crippen LogP contribution in [0.15, 0.2) is 48.0 Å². The van der Waals surface area contributed by atoms with E-state index in [4.69, 9.17) is 0 Å². The van der Waals surface area contributed by atoms with Crippen LogP contribution in [0.25, 0.3) is 10.1 Å². The number of nitrogens with zero attached hydrogens (tertiary/aromatic N) is 2. The van der Waals surface area contributed by atoms with E-state index in [0.29, 0.717) is 23.5 Å². The highest BCUT2D eigenvalue weighted by molar-refractivity contribution is 7.17. The van der Waals surface area contributed by atoms with Crippen molar-refractivity contribution in [3.8, 4) is 0 Å². The third-order valence-corrected chi connectivity index (χ3v) is 5.84. The van der Waals surface area contributed by atoms with Crippen molar-refractivity contribution >= 4 is 38.9 Å². The maximum atomic E-state index is 12.6. The highest BCUT2D eigenvalue weighted by atomic mass is 32.1. The SMILES string of the molecule is O=C(NCCN1CCCC1)c1ccc(NC(=O)c2nccc3ccsc23)cc1. The van der Waals surface area contributed by atoms with Crippen molar-refractivity contribution in [1.29, 1.82) is 0 Å². The van der Waals surface area contributed by atoms with Crippen molar-refractivity contribution in [2.24, 2.45) is 0 Å². The molecule has 2 aromatic heterocycles. The molecule has 1 aliphatic heterocycles. The van der Waals surface area contributed by atoms with Gasteiger partial charge in [0.25, 0.3) is 11.8 Å². The van der Waals surface area contributed by atoms with Gasteiger partial charge in [-0.2, -0.15) is 0 Å². The highest BCUT2D eigenvalue weighted by Gasteiger charge is 2.14. The first-order valence-electron chi connectivity index (χ1n) is 9.45. The predicted molar refractivity (Wildman–Crippen MR) is 112 cm³/mol. The Kier molecular flexibility index (Phi) is 5.64. The van der Waals surface area contributed by atoms with Crippen molar-refractivity contribution in [2.45, 2.75) is 12.8 Å². The van der Waals surface area contributed by atoms with Crippen molar-refractivity contribution in [3.05, 3.63) is 59.2 Å². The number of benzene rings is 1. The van der Waals surface area contributed by atoms with E-state index < -0.39 is 0 Å². The summed E-state index contributed by atoms with van der Waals surface area (Å²) in [6.07, 6.45) is 4.13. The number of hydrogen-bond donors (Lipinski definition) is 2. The smallest absolute Gasteiger partial charge is 0.275 e. The number of anilines is 1. The number of pyridine rings is 1. The van der Waals surface area contributed by atoms with Crippen LogP contribution in [0.4, 0.5) is 5.69 Å². The minimum Gasteiger partial charge on any atom is -0.351 e. The molecule has 2 N–H and O–H groups in total. The van der Waals surface area contributed by atoms with Crippen LogP contribution in [0, 0.1) is 0 Å². The van der Waals surface area contributed by atoms with E-state index in [1.54, 1.807) is 30.5 Å². The molecule has 4 rings (SSSR count). The zero-order valence-corrected chi connectivity index (χ0v) is 16.3. The maximum absolute atomic E-state index is 12.6. The van der Waals surface area contributed by atoms with Gasteiger partial charge in [0.1, 0.15) is 5.69 Å². The van der Waals surface area contributed by atoms with Gasteiger partial charge in [0.15, 0.2) is 0 Å². The second-order valence-corrected chi connectivity index (χ2v) is 7.75. The normalized spacial score (nSPS) is 14.3. The van der Waals surface area contributed by atoms with Gasteiger partial charge in [-0.25, -0.2) is 4.98 Å². The molecule has 0 atom stereocenters. The third kappa shape index (κ3) is 4.21. The van der Waals surface area contributed by atoms with Gasteiger partial charge in [0.2, 0.25) is 0 Å². The summed E-state index contributed by atoms with van der Waals surface area (Å²) in [7, 11) is 0. The molecule has 1 fully saturated rings. The van der Waals surface area contributed by atoms with Crippen LogP contribution in [0.3, 0.4) is 0 Å². The fraction of sp³-hybridized carbons (Fsp3) is 0.286. The molecule has 1 saturated heterocycles. The van der Waals surface area contributed by atoms with E-state index in [1.165, 1.54) is 24.2 Å². The van der Waals surface area contributed by atoms with Gasteiger partial charge in [-0.3, -0.25) is 9.59 Å². The van der Waals surface area contributed by atoms with E-state index in [2.05, 4.69) is 20.5 Å². The number of nitrogens with one attached hydrogen (secondary N) is 2. The van der Waals surface area contributed by atoms with Crippen LogP contribution in [-0.2, 0) is 0 Å². The number of hydrogen-bond acceptors (Lipinski definition) is 5. The van der Waals surface area contributed by atoms with Crippen LogP contribution in [0.5, 0.6) is 0 Å². The Morgan fingerprint density at radius 3 is 2.61 bits per heavy atom. The molecule has 0 spiro atoms. The summed E-state index contributed by atoms with van der Waals surface area (Å²) < 4.78 is 0.869. The number of aromatic nitrogens is 1. The topological polar surface area (TPSA) is 74.3 Å². The van der Waals surface area contributed by atoms with Crippen molar-refractivity contribution in [2.75, 3.05) is 31.5 Å². The van der Waals surface area contributed by atoms with Gasteiger partial charge in [-0.05, 0) is 73.1 Å². The van der Waals surface area contributed by atoms with E-state index in [9.17, 15) is 9.59 Å². The van der Waals surface area contributed by atoms with Crippen molar-refractivity contribution in [3.63, 3.8) is 0 Å². The second-order valence-electron chi connectivity index (χ2n) is 6.83. The minimum absolute atomic E-state index is 0.0953. The van der Waals surface area contributed by atoms with Gasteiger partial charge in [0.05, 0.1) is 4.70 Å². The fourth-order valence-electron chi connectivity index (χ4n) is 3.39. The molecule has 0 radical (unpaired) electrons. The molecule has 7 heteroatoms. The molecule has 3 aromatic rings.